The lowest BCUT2D eigenvalue weighted by Gasteiger charge is -2.11. The lowest BCUT2D eigenvalue weighted by atomic mass is 10.1. The number of aromatic carboxylic acids is 1. The van der Waals surface area contributed by atoms with E-state index >= 15 is 0 Å². The standard InChI is InChI=1S/C20H20N4O3/c1-27-17-9-5-2-6-14(17)10-12-21-20-22-13-11-18(24-20)23-16-8-4-3-7-15(16)19(25)26/h2-9,11,13H,10,12H2,1H3,(H,25,26)(H2,21,22,23,24). The van der Waals surface area contributed by atoms with Crippen LogP contribution >= 0.6 is 0 Å². The smallest absolute Gasteiger partial charge is 0.337 e. The second-order valence-electron chi connectivity index (χ2n) is 5.73. The lowest BCUT2D eigenvalue weighted by Crippen LogP contribution is -2.10. The number of carboxylic acids is 1. The second-order valence-corrected chi connectivity index (χ2v) is 5.73. The van der Waals surface area contributed by atoms with Crippen LogP contribution in [0.5, 0.6) is 5.75 Å². The number of hydrogen-bond donors (Lipinski definition) is 3. The number of methoxy groups -OCH3 is 1. The fourth-order valence-corrected chi connectivity index (χ4v) is 2.65. The molecule has 7 nitrogen and oxygen atoms in total. The molecule has 0 bridgehead atoms. The largest absolute Gasteiger partial charge is 0.496 e. The minimum absolute atomic E-state index is 0.182. The van der Waals surface area contributed by atoms with Crippen LogP contribution in [0, 0.1) is 0 Å². The van der Waals surface area contributed by atoms with Crippen molar-refractivity contribution in [3.05, 3.63) is 71.9 Å². The Hall–Kier alpha value is -3.61. The van der Waals surface area contributed by atoms with Crippen molar-refractivity contribution in [1.29, 1.82) is 0 Å². The molecule has 0 saturated carbocycles. The van der Waals surface area contributed by atoms with E-state index < -0.39 is 5.97 Å². The van der Waals surface area contributed by atoms with Gasteiger partial charge in [0.25, 0.3) is 0 Å². The van der Waals surface area contributed by atoms with Crippen LogP contribution in [0.25, 0.3) is 0 Å². The molecule has 2 aromatic carbocycles. The van der Waals surface area contributed by atoms with Gasteiger partial charge >= 0.3 is 5.97 Å². The van der Waals surface area contributed by atoms with Crippen LogP contribution < -0.4 is 15.4 Å². The summed E-state index contributed by atoms with van der Waals surface area (Å²) in [6.07, 6.45) is 2.37. The number of carbonyl (C=O) groups is 1. The van der Waals surface area contributed by atoms with Crippen LogP contribution in [-0.2, 0) is 6.42 Å². The summed E-state index contributed by atoms with van der Waals surface area (Å²) in [6, 6.07) is 16.2. The molecule has 3 N–H and O–H groups in total. The molecule has 0 atom stereocenters. The third-order valence-corrected chi connectivity index (χ3v) is 3.95. The lowest BCUT2D eigenvalue weighted by molar-refractivity contribution is 0.0698. The van der Waals surface area contributed by atoms with Crippen molar-refractivity contribution in [3.8, 4) is 5.75 Å². The molecule has 27 heavy (non-hydrogen) atoms. The Morgan fingerprint density at radius 1 is 1.11 bits per heavy atom. The summed E-state index contributed by atoms with van der Waals surface area (Å²) in [4.78, 5) is 19.9. The zero-order valence-electron chi connectivity index (χ0n) is 14.8. The van der Waals surface area contributed by atoms with Gasteiger partial charge in [0.2, 0.25) is 5.95 Å². The third-order valence-electron chi connectivity index (χ3n) is 3.95. The van der Waals surface area contributed by atoms with E-state index in [1.54, 1.807) is 37.6 Å². The molecule has 0 amide bonds. The number of ether oxygens (including phenoxy) is 1. The van der Waals surface area contributed by atoms with Crippen LogP contribution in [0.2, 0.25) is 0 Å². The van der Waals surface area contributed by atoms with Crippen LogP contribution in [0.3, 0.4) is 0 Å². The molecule has 0 fully saturated rings. The molecule has 0 aliphatic carbocycles. The fourth-order valence-electron chi connectivity index (χ4n) is 2.65. The molecule has 138 valence electrons. The number of rotatable bonds is 8. The van der Waals surface area contributed by atoms with Crippen molar-refractivity contribution in [2.75, 3.05) is 24.3 Å². The first kappa shape index (κ1) is 18.2. The molecule has 3 aromatic rings. The highest BCUT2D eigenvalue weighted by Gasteiger charge is 2.10. The van der Waals surface area contributed by atoms with Gasteiger partial charge in [0.05, 0.1) is 18.4 Å². The Morgan fingerprint density at radius 2 is 1.89 bits per heavy atom. The number of carboxylic acid groups (broad SMARTS) is 1. The molecule has 0 spiro atoms. The molecule has 0 radical (unpaired) electrons. The summed E-state index contributed by atoms with van der Waals surface area (Å²) >= 11 is 0. The number of aromatic nitrogens is 2. The first-order valence-electron chi connectivity index (χ1n) is 8.45. The van der Waals surface area contributed by atoms with Gasteiger partial charge in [-0.3, -0.25) is 0 Å². The van der Waals surface area contributed by atoms with Gasteiger partial charge < -0.3 is 20.5 Å². The quantitative estimate of drug-likeness (QED) is 0.562. The van der Waals surface area contributed by atoms with Gasteiger partial charge in [-0.25, -0.2) is 9.78 Å². The van der Waals surface area contributed by atoms with E-state index in [9.17, 15) is 9.90 Å². The SMILES string of the molecule is COc1ccccc1CCNc1nccc(Nc2ccccc2C(=O)O)n1. The second kappa shape index (κ2) is 8.66. The van der Waals surface area contributed by atoms with Gasteiger partial charge in [-0.1, -0.05) is 30.3 Å². The highest BCUT2D eigenvalue weighted by Crippen LogP contribution is 2.20. The Kier molecular flexibility index (Phi) is 5.84. The normalized spacial score (nSPS) is 10.3. The van der Waals surface area contributed by atoms with Crippen LogP contribution in [0.1, 0.15) is 15.9 Å². The molecule has 1 aromatic heterocycles. The highest BCUT2D eigenvalue weighted by molar-refractivity contribution is 5.94. The number of anilines is 3. The van der Waals surface area contributed by atoms with Gasteiger partial charge in [-0.2, -0.15) is 4.98 Å². The van der Waals surface area contributed by atoms with E-state index in [1.807, 2.05) is 24.3 Å². The molecule has 1 heterocycles. The first-order valence-corrected chi connectivity index (χ1v) is 8.45. The van der Waals surface area contributed by atoms with E-state index in [-0.39, 0.29) is 5.56 Å². The topological polar surface area (TPSA) is 96.4 Å². The summed E-state index contributed by atoms with van der Waals surface area (Å²) < 4.78 is 5.35. The predicted octanol–water partition coefficient (Wildman–Crippen LogP) is 3.58. The summed E-state index contributed by atoms with van der Waals surface area (Å²) in [5.41, 5.74) is 1.75. The Balaban J connectivity index is 1.65. The fraction of sp³-hybridized carbons (Fsp3) is 0.150. The van der Waals surface area contributed by atoms with Crippen LogP contribution in [-0.4, -0.2) is 34.7 Å². The third kappa shape index (κ3) is 4.72. The molecule has 0 aliphatic heterocycles. The summed E-state index contributed by atoms with van der Waals surface area (Å²) in [7, 11) is 1.65. The molecule has 3 rings (SSSR count). The Morgan fingerprint density at radius 3 is 2.70 bits per heavy atom. The molecular weight excluding hydrogens is 344 g/mol. The average Bonchev–Trinajstić information content (AvgIpc) is 2.69. The van der Waals surface area contributed by atoms with Crippen LogP contribution in [0.15, 0.2) is 60.8 Å². The minimum atomic E-state index is -0.998. The molecule has 0 aliphatic rings. The Bertz CT molecular complexity index is 930. The number of hydrogen-bond acceptors (Lipinski definition) is 6. The first-order chi connectivity index (χ1) is 13.2. The van der Waals surface area contributed by atoms with E-state index in [4.69, 9.17) is 4.74 Å². The maximum Gasteiger partial charge on any atom is 0.337 e. The van der Waals surface area contributed by atoms with Gasteiger partial charge in [0, 0.05) is 12.7 Å². The zero-order valence-corrected chi connectivity index (χ0v) is 14.8. The van der Waals surface area contributed by atoms with Gasteiger partial charge in [-0.05, 0) is 36.2 Å². The summed E-state index contributed by atoms with van der Waals surface area (Å²) in [6.45, 7) is 0.634. The van der Waals surface area contributed by atoms with E-state index in [0.29, 0.717) is 24.0 Å². The zero-order chi connectivity index (χ0) is 19.1. The van der Waals surface area contributed by atoms with Gasteiger partial charge in [0.15, 0.2) is 0 Å². The van der Waals surface area contributed by atoms with Crippen LogP contribution in [0.4, 0.5) is 17.5 Å². The van der Waals surface area contributed by atoms with Crippen molar-refractivity contribution in [2.24, 2.45) is 0 Å². The monoisotopic (exact) mass is 364 g/mol. The highest BCUT2D eigenvalue weighted by atomic mass is 16.5. The number of para-hydroxylation sites is 2. The van der Waals surface area contributed by atoms with Gasteiger partial charge in [0.1, 0.15) is 11.6 Å². The van der Waals surface area contributed by atoms with Crippen molar-refractivity contribution >= 4 is 23.4 Å². The maximum atomic E-state index is 11.3. The minimum Gasteiger partial charge on any atom is -0.496 e. The van der Waals surface area contributed by atoms with Crippen molar-refractivity contribution < 1.29 is 14.6 Å². The average molecular weight is 364 g/mol. The van der Waals surface area contributed by atoms with Crippen molar-refractivity contribution in [3.63, 3.8) is 0 Å². The van der Waals surface area contributed by atoms with Crippen molar-refractivity contribution in [1.82, 2.24) is 9.97 Å². The number of benzene rings is 2. The predicted molar refractivity (Wildman–Crippen MR) is 104 cm³/mol. The van der Waals surface area contributed by atoms with E-state index in [0.717, 1.165) is 17.7 Å². The van der Waals surface area contributed by atoms with E-state index in [1.165, 1.54) is 6.07 Å². The molecule has 0 saturated heterocycles. The molecular formula is C20H20N4O3. The van der Waals surface area contributed by atoms with Crippen molar-refractivity contribution in [2.45, 2.75) is 6.42 Å². The van der Waals surface area contributed by atoms with Gasteiger partial charge in [-0.15, -0.1) is 0 Å². The summed E-state index contributed by atoms with van der Waals surface area (Å²) in [5.74, 6) is 0.824. The Labute approximate surface area is 157 Å². The number of nitrogens with one attached hydrogen (secondary N) is 2. The summed E-state index contributed by atoms with van der Waals surface area (Å²) in [5, 5.41) is 15.5. The molecule has 7 heteroatoms. The maximum absolute atomic E-state index is 11.3. The molecule has 0 unspecified atom stereocenters. The van der Waals surface area contributed by atoms with E-state index in [2.05, 4.69) is 20.6 Å². The number of nitrogens with zero attached hydrogens (tertiary/aromatic N) is 2.